The molecule has 12 heteroatoms. The van der Waals surface area contributed by atoms with Gasteiger partial charge in [-0.15, -0.1) is 0 Å². The Kier molecular flexibility index (Phi) is 7.20. The summed E-state index contributed by atoms with van der Waals surface area (Å²) >= 11 is 1.21. The Bertz CT molecular complexity index is 1610. The van der Waals surface area contributed by atoms with Gasteiger partial charge in [-0.05, 0) is 50.6 Å². The minimum atomic E-state index is -1.46. The van der Waals surface area contributed by atoms with Gasteiger partial charge in [0.1, 0.15) is 28.1 Å². The van der Waals surface area contributed by atoms with Gasteiger partial charge in [0.25, 0.3) is 5.91 Å². The molecule has 0 saturated carbocycles. The number of hydrogen-bond donors (Lipinski definition) is 1. The number of halogens is 2. The van der Waals surface area contributed by atoms with E-state index >= 15 is 4.39 Å². The van der Waals surface area contributed by atoms with Crippen molar-refractivity contribution in [1.82, 2.24) is 19.5 Å². The fourth-order valence-electron chi connectivity index (χ4n) is 4.90. The number of aryl methyl sites for hydroxylation is 1. The molecule has 1 N–H and O–H groups in total. The molecule has 3 aromatic heterocycles. The van der Waals surface area contributed by atoms with E-state index in [2.05, 4.69) is 11.2 Å². The molecular weight excluding hydrogens is 536 g/mol. The van der Waals surface area contributed by atoms with Gasteiger partial charge in [-0.2, -0.15) is 10.4 Å². The average Bonchev–Trinajstić information content (AvgIpc) is 3.53. The number of hydrogen-bond acceptors (Lipinski definition) is 8. The van der Waals surface area contributed by atoms with Crippen LogP contribution in [0.2, 0.25) is 0 Å². The summed E-state index contributed by atoms with van der Waals surface area (Å²) in [6.07, 6.45) is 1.93. The molecule has 1 fully saturated rings. The monoisotopic (exact) mass is 565 g/mol. The number of thiazole rings is 1. The van der Waals surface area contributed by atoms with Gasteiger partial charge in [0, 0.05) is 38.8 Å². The average molecular weight is 566 g/mol. The van der Waals surface area contributed by atoms with E-state index in [0.29, 0.717) is 65.1 Å². The maximum absolute atomic E-state index is 15.3. The van der Waals surface area contributed by atoms with Crippen LogP contribution in [0.25, 0.3) is 16.8 Å². The predicted octanol–water partition coefficient (Wildman–Crippen LogP) is 4.36. The maximum Gasteiger partial charge on any atom is 0.254 e. The number of nitriles is 1. The molecule has 1 aromatic carbocycles. The lowest BCUT2D eigenvalue weighted by molar-refractivity contribution is -0.148. The second-order valence-electron chi connectivity index (χ2n) is 10.2. The molecule has 0 spiro atoms. The van der Waals surface area contributed by atoms with E-state index in [9.17, 15) is 19.6 Å². The van der Waals surface area contributed by atoms with E-state index in [-0.39, 0.29) is 11.7 Å². The minimum absolute atomic E-state index is 0.351. The third kappa shape index (κ3) is 4.98. The lowest BCUT2D eigenvalue weighted by atomic mass is 10.1. The van der Waals surface area contributed by atoms with Crippen LogP contribution in [0, 0.1) is 23.0 Å². The SMILES string of the molecule is CCc1nn2cc(F)c(N3CCN(C(=O)C(C)(C)O)CC3)cc2c1N(C)c1nc(-c2ccc(F)cc2)c(C#N)s1. The summed E-state index contributed by atoms with van der Waals surface area (Å²) in [7, 11) is 1.83. The Morgan fingerprint density at radius 3 is 2.48 bits per heavy atom. The first kappa shape index (κ1) is 27.5. The van der Waals surface area contributed by atoms with E-state index in [1.54, 1.807) is 23.1 Å². The summed E-state index contributed by atoms with van der Waals surface area (Å²) < 4.78 is 30.3. The van der Waals surface area contributed by atoms with Crippen LogP contribution in [0.3, 0.4) is 0 Å². The number of pyridine rings is 1. The molecule has 40 heavy (non-hydrogen) atoms. The Hall–Kier alpha value is -4.08. The van der Waals surface area contributed by atoms with E-state index in [1.807, 2.05) is 23.8 Å². The van der Waals surface area contributed by atoms with E-state index in [1.165, 1.54) is 48.0 Å². The van der Waals surface area contributed by atoms with Crippen molar-refractivity contribution in [2.75, 3.05) is 43.0 Å². The molecule has 1 aliphatic heterocycles. The predicted molar refractivity (Wildman–Crippen MR) is 150 cm³/mol. The number of piperazine rings is 1. The Morgan fingerprint density at radius 1 is 1.20 bits per heavy atom. The van der Waals surface area contributed by atoms with Crippen molar-refractivity contribution in [2.45, 2.75) is 32.8 Å². The number of benzene rings is 1. The van der Waals surface area contributed by atoms with E-state index in [4.69, 9.17) is 4.98 Å². The van der Waals surface area contributed by atoms with Gasteiger partial charge in [0.2, 0.25) is 0 Å². The van der Waals surface area contributed by atoms with Crippen molar-refractivity contribution in [3.05, 3.63) is 58.7 Å². The van der Waals surface area contributed by atoms with Gasteiger partial charge < -0.3 is 19.8 Å². The van der Waals surface area contributed by atoms with Crippen LogP contribution >= 0.6 is 11.3 Å². The first-order valence-corrected chi connectivity index (χ1v) is 13.7. The highest BCUT2D eigenvalue weighted by Crippen LogP contribution is 2.39. The highest BCUT2D eigenvalue weighted by atomic mass is 32.1. The second-order valence-corrected chi connectivity index (χ2v) is 11.2. The summed E-state index contributed by atoms with van der Waals surface area (Å²) in [6, 6.07) is 9.78. The fourth-order valence-corrected chi connectivity index (χ4v) is 5.76. The van der Waals surface area contributed by atoms with Crippen LogP contribution in [0.1, 0.15) is 31.3 Å². The van der Waals surface area contributed by atoms with Crippen molar-refractivity contribution in [1.29, 1.82) is 5.26 Å². The molecule has 1 amide bonds. The number of fused-ring (bicyclic) bond motifs is 1. The molecule has 0 unspecified atom stereocenters. The van der Waals surface area contributed by atoms with Crippen molar-refractivity contribution in [3.8, 4) is 17.3 Å². The highest BCUT2D eigenvalue weighted by molar-refractivity contribution is 7.16. The Labute approximate surface area is 234 Å². The van der Waals surface area contributed by atoms with Crippen molar-refractivity contribution in [3.63, 3.8) is 0 Å². The van der Waals surface area contributed by atoms with Gasteiger partial charge in [0.15, 0.2) is 10.9 Å². The zero-order chi connectivity index (χ0) is 28.8. The van der Waals surface area contributed by atoms with Gasteiger partial charge in [-0.1, -0.05) is 18.3 Å². The normalized spacial score (nSPS) is 14.1. The molecule has 208 valence electrons. The van der Waals surface area contributed by atoms with Gasteiger partial charge in [-0.25, -0.2) is 18.3 Å². The zero-order valence-electron chi connectivity index (χ0n) is 22.6. The fraction of sp³-hybridized carbons (Fsp3) is 0.357. The third-order valence-electron chi connectivity index (χ3n) is 6.97. The number of aromatic nitrogens is 3. The first-order chi connectivity index (χ1) is 19.0. The number of amides is 1. The number of aliphatic hydroxyl groups is 1. The van der Waals surface area contributed by atoms with E-state index < -0.39 is 11.4 Å². The smallest absolute Gasteiger partial charge is 0.254 e. The zero-order valence-corrected chi connectivity index (χ0v) is 23.5. The lowest BCUT2D eigenvalue weighted by Crippen LogP contribution is -2.54. The topological polar surface area (TPSA) is 101 Å². The molecule has 0 bridgehead atoms. The third-order valence-corrected chi connectivity index (χ3v) is 8.00. The standard InChI is InChI=1S/C28H29F2N7O2S/c1-5-20-25(34(4)27-32-24(23(15-31)40-27)17-6-8-18(29)9-7-17)22-14-21(19(30)16-37(22)33-20)35-10-12-36(13-11-35)26(38)28(2,3)39/h6-9,14,16,39H,5,10-13H2,1-4H3. The largest absolute Gasteiger partial charge is 0.381 e. The Balaban J connectivity index is 1.50. The maximum atomic E-state index is 15.3. The molecule has 0 radical (unpaired) electrons. The molecular formula is C28H29F2N7O2S. The first-order valence-electron chi connectivity index (χ1n) is 12.9. The molecule has 9 nitrogen and oxygen atoms in total. The van der Waals surface area contributed by atoms with Crippen LogP contribution in [0.15, 0.2) is 36.5 Å². The summed E-state index contributed by atoms with van der Waals surface area (Å²) in [5.74, 6) is -1.16. The van der Waals surface area contributed by atoms with Crippen LogP contribution < -0.4 is 9.80 Å². The molecule has 0 atom stereocenters. The molecule has 5 rings (SSSR count). The molecule has 4 aromatic rings. The summed E-state index contributed by atoms with van der Waals surface area (Å²) in [5, 5.41) is 25.0. The molecule has 0 aliphatic carbocycles. The van der Waals surface area contributed by atoms with Crippen molar-refractivity contribution in [2.24, 2.45) is 0 Å². The van der Waals surface area contributed by atoms with Crippen molar-refractivity contribution < 1.29 is 18.7 Å². The van der Waals surface area contributed by atoms with Gasteiger partial charge in [-0.3, -0.25) is 4.79 Å². The van der Waals surface area contributed by atoms with Crippen LogP contribution in [0.4, 0.5) is 25.3 Å². The van der Waals surface area contributed by atoms with Gasteiger partial charge >= 0.3 is 0 Å². The quantitative estimate of drug-likeness (QED) is 0.371. The number of nitrogens with zero attached hydrogens (tertiary/aromatic N) is 7. The number of rotatable bonds is 6. The van der Waals surface area contributed by atoms with Crippen LogP contribution in [0.5, 0.6) is 0 Å². The summed E-state index contributed by atoms with van der Waals surface area (Å²) in [6.45, 7) is 6.43. The lowest BCUT2D eigenvalue weighted by Gasteiger charge is -2.38. The molecule has 1 saturated heterocycles. The summed E-state index contributed by atoms with van der Waals surface area (Å²) in [5.41, 5.74) is 2.18. The van der Waals surface area contributed by atoms with Crippen LogP contribution in [-0.4, -0.2) is 69.3 Å². The minimum Gasteiger partial charge on any atom is -0.381 e. The van der Waals surface area contributed by atoms with Gasteiger partial charge in [0.05, 0.1) is 28.8 Å². The number of carbonyl (C=O) groups is 1. The second kappa shape index (κ2) is 10.5. The van der Waals surface area contributed by atoms with Crippen LogP contribution in [-0.2, 0) is 11.2 Å². The number of carbonyl (C=O) groups excluding carboxylic acids is 1. The molecule has 1 aliphatic rings. The number of anilines is 3. The van der Waals surface area contributed by atoms with E-state index in [0.717, 1.165) is 11.4 Å². The van der Waals surface area contributed by atoms with Crippen molar-refractivity contribution >= 4 is 39.3 Å². The highest BCUT2D eigenvalue weighted by Gasteiger charge is 2.32. The molecule has 4 heterocycles. The summed E-state index contributed by atoms with van der Waals surface area (Å²) in [4.78, 5) is 22.9. The Morgan fingerprint density at radius 2 is 1.88 bits per heavy atom.